The third-order valence-electron chi connectivity index (χ3n) is 2.99. The Bertz CT molecular complexity index is 314. The highest BCUT2D eigenvalue weighted by molar-refractivity contribution is 5.03. The number of hydrogen-bond acceptors (Lipinski definition) is 4. The van der Waals surface area contributed by atoms with Crippen molar-refractivity contribution in [2.24, 2.45) is 12.8 Å². The Morgan fingerprint density at radius 3 is 2.71 bits per heavy atom. The van der Waals surface area contributed by atoms with Gasteiger partial charge >= 0.3 is 0 Å². The van der Waals surface area contributed by atoms with Crippen molar-refractivity contribution >= 4 is 0 Å². The minimum absolute atomic E-state index is 0.225. The molecule has 1 saturated carbocycles. The van der Waals surface area contributed by atoms with Gasteiger partial charge in [-0.1, -0.05) is 0 Å². The van der Waals surface area contributed by atoms with Gasteiger partial charge in [0.15, 0.2) is 5.82 Å². The summed E-state index contributed by atoms with van der Waals surface area (Å²) < 4.78 is 1.64. The first-order chi connectivity index (χ1) is 6.62. The summed E-state index contributed by atoms with van der Waals surface area (Å²) >= 11 is 0. The summed E-state index contributed by atoms with van der Waals surface area (Å²) in [6.45, 7) is 0. The van der Waals surface area contributed by atoms with E-state index in [1.54, 1.807) is 11.7 Å². The average Bonchev–Trinajstić information content (AvgIpc) is 2.58. The summed E-state index contributed by atoms with van der Waals surface area (Å²) in [5.74, 6) is 0.657. The number of nitrogens with zero attached hydrogens (tertiary/aromatic N) is 3. The summed E-state index contributed by atoms with van der Waals surface area (Å²) in [4.78, 5) is 4.10. The second-order valence-electron chi connectivity index (χ2n) is 4.08. The van der Waals surface area contributed by atoms with Crippen LogP contribution in [0.3, 0.4) is 0 Å². The van der Waals surface area contributed by atoms with Crippen molar-refractivity contribution in [3.63, 3.8) is 0 Å². The molecule has 1 aliphatic carbocycles. The molecular formula is C9H16N4O. The van der Waals surface area contributed by atoms with Crippen LogP contribution >= 0.6 is 0 Å². The lowest BCUT2D eigenvalue weighted by atomic mass is 9.82. The van der Waals surface area contributed by atoms with Crippen LogP contribution in [0.15, 0.2) is 6.33 Å². The van der Waals surface area contributed by atoms with Crippen LogP contribution < -0.4 is 5.73 Å². The summed E-state index contributed by atoms with van der Waals surface area (Å²) in [5.41, 5.74) is 4.97. The lowest BCUT2D eigenvalue weighted by molar-refractivity contribution is -0.0161. The molecule has 1 heterocycles. The molecule has 2 rings (SSSR count). The van der Waals surface area contributed by atoms with Crippen LogP contribution in [0.4, 0.5) is 0 Å². The minimum atomic E-state index is -0.818. The average molecular weight is 196 g/mol. The van der Waals surface area contributed by atoms with Gasteiger partial charge in [-0.25, -0.2) is 4.98 Å². The Morgan fingerprint density at radius 2 is 2.21 bits per heavy atom. The Balaban J connectivity index is 2.21. The highest BCUT2D eigenvalue weighted by Crippen LogP contribution is 2.34. The minimum Gasteiger partial charge on any atom is -0.382 e. The van der Waals surface area contributed by atoms with Gasteiger partial charge in [-0.3, -0.25) is 4.68 Å². The summed E-state index contributed by atoms with van der Waals surface area (Å²) in [6.07, 6.45) is 4.54. The zero-order valence-electron chi connectivity index (χ0n) is 8.35. The Kier molecular flexibility index (Phi) is 2.28. The molecule has 3 N–H and O–H groups in total. The fraction of sp³-hybridized carbons (Fsp3) is 0.778. The SMILES string of the molecule is Cn1ncnc1C1(O)CCC(N)CC1. The van der Waals surface area contributed by atoms with Crippen molar-refractivity contribution in [3.8, 4) is 0 Å². The molecule has 0 spiro atoms. The van der Waals surface area contributed by atoms with Gasteiger partial charge in [0, 0.05) is 13.1 Å². The summed E-state index contributed by atoms with van der Waals surface area (Å²) in [6, 6.07) is 0.225. The fourth-order valence-corrected chi connectivity index (χ4v) is 2.06. The predicted molar refractivity (Wildman–Crippen MR) is 51.3 cm³/mol. The number of hydrogen-bond donors (Lipinski definition) is 2. The Morgan fingerprint density at radius 1 is 1.57 bits per heavy atom. The number of nitrogens with two attached hydrogens (primary N) is 1. The quantitative estimate of drug-likeness (QED) is 0.657. The van der Waals surface area contributed by atoms with Crippen molar-refractivity contribution in [1.29, 1.82) is 0 Å². The molecule has 5 heteroatoms. The summed E-state index contributed by atoms with van der Waals surface area (Å²) in [7, 11) is 1.80. The molecular weight excluding hydrogens is 180 g/mol. The van der Waals surface area contributed by atoms with Gasteiger partial charge in [0.1, 0.15) is 11.9 Å². The smallest absolute Gasteiger partial charge is 0.158 e. The lowest BCUT2D eigenvalue weighted by Gasteiger charge is -2.33. The van der Waals surface area contributed by atoms with Crippen molar-refractivity contribution in [3.05, 3.63) is 12.2 Å². The van der Waals surface area contributed by atoms with Crippen LogP contribution in [-0.2, 0) is 12.6 Å². The third-order valence-corrected chi connectivity index (χ3v) is 2.99. The van der Waals surface area contributed by atoms with E-state index in [2.05, 4.69) is 10.1 Å². The maximum Gasteiger partial charge on any atom is 0.158 e. The van der Waals surface area contributed by atoms with Crippen LogP contribution in [0.1, 0.15) is 31.5 Å². The van der Waals surface area contributed by atoms with E-state index in [-0.39, 0.29) is 6.04 Å². The van der Waals surface area contributed by atoms with Crippen LogP contribution in [0.25, 0.3) is 0 Å². The Hall–Kier alpha value is -0.940. The molecule has 1 aliphatic rings. The standard InChI is InChI=1S/C9H16N4O/c1-13-8(11-6-12-13)9(14)4-2-7(10)3-5-9/h6-7,14H,2-5,10H2,1H3. The largest absolute Gasteiger partial charge is 0.382 e. The molecule has 0 amide bonds. The van der Waals surface area contributed by atoms with E-state index in [0.29, 0.717) is 18.7 Å². The highest BCUT2D eigenvalue weighted by Gasteiger charge is 2.37. The first-order valence-corrected chi connectivity index (χ1v) is 4.94. The molecule has 1 aromatic rings. The van der Waals surface area contributed by atoms with Crippen molar-refractivity contribution in [2.75, 3.05) is 0 Å². The molecule has 1 aromatic heterocycles. The van der Waals surface area contributed by atoms with Crippen molar-refractivity contribution < 1.29 is 5.11 Å². The molecule has 78 valence electrons. The monoisotopic (exact) mass is 196 g/mol. The van der Waals surface area contributed by atoms with E-state index < -0.39 is 5.60 Å². The molecule has 0 unspecified atom stereocenters. The highest BCUT2D eigenvalue weighted by atomic mass is 16.3. The van der Waals surface area contributed by atoms with Gasteiger partial charge in [-0.15, -0.1) is 0 Å². The summed E-state index contributed by atoms with van der Waals surface area (Å²) in [5, 5.41) is 14.3. The molecule has 0 atom stereocenters. The van der Waals surface area contributed by atoms with Gasteiger partial charge in [0.05, 0.1) is 0 Å². The molecule has 0 saturated heterocycles. The van der Waals surface area contributed by atoms with Gasteiger partial charge in [-0.05, 0) is 25.7 Å². The van der Waals surface area contributed by atoms with E-state index in [0.717, 1.165) is 12.8 Å². The maximum atomic E-state index is 10.4. The topological polar surface area (TPSA) is 77.0 Å². The second-order valence-corrected chi connectivity index (χ2v) is 4.08. The molecule has 0 radical (unpaired) electrons. The van der Waals surface area contributed by atoms with E-state index in [1.165, 1.54) is 6.33 Å². The van der Waals surface area contributed by atoms with Crippen LogP contribution in [0.2, 0.25) is 0 Å². The third kappa shape index (κ3) is 1.53. The Labute approximate surface area is 82.9 Å². The first-order valence-electron chi connectivity index (χ1n) is 4.94. The second kappa shape index (κ2) is 3.33. The van der Waals surface area contributed by atoms with E-state index in [1.807, 2.05) is 0 Å². The predicted octanol–water partition coefficient (Wildman–Crippen LogP) is -0.0960. The van der Waals surface area contributed by atoms with Crippen LogP contribution in [0.5, 0.6) is 0 Å². The molecule has 1 fully saturated rings. The zero-order valence-corrected chi connectivity index (χ0v) is 8.35. The van der Waals surface area contributed by atoms with Gasteiger partial charge in [-0.2, -0.15) is 5.10 Å². The maximum absolute atomic E-state index is 10.4. The van der Waals surface area contributed by atoms with Crippen molar-refractivity contribution in [1.82, 2.24) is 14.8 Å². The number of aryl methyl sites for hydroxylation is 1. The molecule has 0 aromatic carbocycles. The molecule has 14 heavy (non-hydrogen) atoms. The van der Waals surface area contributed by atoms with Gasteiger partial charge in [0.25, 0.3) is 0 Å². The molecule has 0 bridgehead atoms. The van der Waals surface area contributed by atoms with E-state index in [9.17, 15) is 5.11 Å². The van der Waals surface area contributed by atoms with Crippen LogP contribution in [-0.4, -0.2) is 25.9 Å². The normalized spacial score (nSPS) is 33.2. The van der Waals surface area contributed by atoms with Gasteiger partial charge < -0.3 is 10.8 Å². The molecule has 5 nitrogen and oxygen atoms in total. The van der Waals surface area contributed by atoms with Crippen LogP contribution in [0, 0.1) is 0 Å². The zero-order chi connectivity index (χ0) is 10.2. The fourth-order valence-electron chi connectivity index (χ4n) is 2.06. The molecule has 0 aliphatic heterocycles. The van der Waals surface area contributed by atoms with Gasteiger partial charge in [0.2, 0.25) is 0 Å². The number of rotatable bonds is 1. The lowest BCUT2D eigenvalue weighted by Crippen LogP contribution is -2.38. The van der Waals surface area contributed by atoms with E-state index in [4.69, 9.17) is 5.73 Å². The number of aromatic nitrogens is 3. The van der Waals surface area contributed by atoms with E-state index >= 15 is 0 Å². The van der Waals surface area contributed by atoms with Crippen molar-refractivity contribution in [2.45, 2.75) is 37.3 Å². The number of aliphatic hydroxyl groups is 1. The first kappa shape index (κ1) is 9.61.